The summed E-state index contributed by atoms with van der Waals surface area (Å²) in [7, 11) is 0. The molecule has 9 heteroatoms. The number of benzene rings is 3. The molecule has 0 saturated heterocycles. The first-order chi connectivity index (χ1) is 14.3. The van der Waals surface area contributed by atoms with Crippen LogP contribution >= 0.6 is 11.6 Å². The minimum Gasteiger partial charge on any atom is -0.436 e. The molecule has 0 spiro atoms. The molecule has 0 atom stereocenters. The van der Waals surface area contributed by atoms with Gasteiger partial charge in [-0.2, -0.15) is 0 Å². The smallest absolute Gasteiger partial charge is 0.272 e. The molecule has 150 valence electrons. The Kier molecular flexibility index (Phi) is 4.93. The maximum atomic E-state index is 14.2. The number of hydrogen-bond acceptors (Lipinski definition) is 5. The van der Waals surface area contributed by atoms with E-state index >= 15 is 0 Å². The first-order valence-corrected chi connectivity index (χ1v) is 9.12. The molecule has 0 aliphatic heterocycles. The summed E-state index contributed by atoms with van der Waals surface area (Å²) in [5.41, 5.74) is 2.15. The average Bonchev–Trinajstić information content (AvgIpc) is 3.12. The molecule has 0 unspecified atom stereocenters. The van der Waals surface area contributed by atoms with Crippen LogP contribution in [0.1, 0.15) is 15.9 Å². The van der Waals surface area contributed by atoms with E-state index in [-0.39, 0.29) is 5.56 Å². The van der Waals surface area contributed by atoms with Crippen molar-refractivity contribution in [1.29, 1.82) is 0 Å². The molecule has 1 amide bonds. The monoisotopic (exact) mass is 425 g/mol. The van der Waals surface area contributed by atoms with Gasteiger partial charge in [-0.05, 0) is 42.8 Å². The topological polar surface area (TPSA) is 98.3 Å². The van der Waals surface area contributed by atoms with E-state index in [0.717, 1.165) is 12.1 Å². The number of halogens is 2. The van der Waals surface area contributed by atoms with Gasteiger partial charge in [-0.1, -0.05) is 17.7 Å². The van der Waals surface area contributed by atoms with E-state index in [1.165, 1.54) is 0 Å². The Morgan fingerprint density at radius 2 is 2.00 bits per heavy atom. The summed E-state index contributed by atoms with van der Waals surface area (Å²) in [6.07, 6.45) is 0. The van der Waals surface area contributed by atoms with E-state index in [9.17, 15) is 19.3 Å². The Hall–Kier alpha value is -3.78. The van der Waals surface area contributed by atoms with Crippen molar-refractivity contribution in [2.45, 2.75) is 6.92 Å². The highest BCUT2D eigenvalue weighted by Crippen LogP contribution is 2.31. The number of carbonyl (C=O) groups excluding carboxylic acids is 1. The molecule has 0 fully saturated rings. The third-order valence-electron chi connectivity index (χ3n) is 4.57. The standard InChI is InChI=1S/C21H13ClFN3O4/c1-11-14(21-25-18-8-5-12(22)9-19(18)30-21)3-2-4-17(11)24-20(27)15-7-6-13(26(28)29)10-16(15)23/h2-10H,1H3,(H,24,27). The molecule has 7 nitrogen and oxygen atoms in total. The summed E-state index contributed by atoms with van der Waals surface area (Å²) in [6.45, 7) is 1.76. The van der Waals surface area contributed by atoms with Crippen LogP contribution in [0.25, 0.3) is 22.6 Å². The third-order valence-corrected chi connectivity index (χ3v) is 4.81. The second-order valence-corrected chi connectivity index (χ2v) is 6.92. The molecule has 0 aliphatic carbocycles. The van der Waals surface area contributed by atoms with Crippen molar-refractivity contribution in [1.82, 2.24) is 4.98 Å². The Bertz CT molecular complexity index is 1320. The van der Waals surface area contributed by atoms with Crippen molar-refractivity contribution in [2.75, 3.05) is 5.32 Å². The van der Waals surface area contributed by atoms with E-state index in [1.54, 1.807) is 43.3 Å². The second kappa shape index (κ2) is 7.57. The largest absolute Gasteiger partial charge is 0.436 e. The van der Waals surface area contributed by atoms with Gasteiger partial charge in [0.15, 0.2) is 5.58 Å². The fourth-order valence-electron chi connectivity index (χ4n) is 3.01. The maximum Gasteiger partial charge on any atom is 0.272 e. The molecule has 0 bridgehead atoms. The van der Waals surface area contributed by atoms with Gasteiger partial charge >= 0.3 is 0 Å². The first-order valence-electron chi connectivity index (χ1n) is 8.75. The Morgan fingerprint density at radius 3 is 2.73 bits per heavy atom. The number of nitro benzene ring substituents is 1. The molecule has 4 rings (SSSR count). The average molecular weight is 426 g/mol. The number of fused-ring (bicyclic) bond motifs is 1. The van der Waals surface area contributed by atoms with Gasteiger partial charge in [-0.25, -0.2) is 9.37 Å². The number of hydrogen-bond donors (Lipinski definition) is 1. The first kappa shape index (κ1) is 19.5. The lowest BCUT2D eigenvalue weighted by atomic mass is 10.1. The van der Waals surface area contributed by atoms with Crippen molar-refractivity contribution in [3.8, 4) is 11.5 Å². The molecule has 0 radical (unpaired) electrons. The number of carbonyl (C=O) groups is 1. The van der Waals surface area contributed by atoms with Crippen LogP contribution in [0.15, 0.2) is 59.0 Å². The number of nitrogens with one attached hydrogen (secondary N) is 1. The van der Waals surface area contributed by atoms with E-state index < -0.39 is 22.3 Å². The van der Waals surface area contributed by atoms with Crippen LogP contribution in [0.3, 0.4) is 0 Å². The third kappa shape index (κ3) is 3.60. The number of anilines is 1. The van der Waals surface area contributed by atoms with E-state index in [4.69, 9.17) is 16.0 Å². The molecule has 3 aromatic carbocycles. The summed E-state index contributed by atoms with van der Waals surface area (Å²) in [6, 6.07) is 13.1. The van der Waals surface area contributed by atoms with Crippen LogP contribution in [-0.4, -0.2) is 15.8 Å². The Balaban J connectivity index is 1.66. The van der Waals surface area contributed by atoms with Crippen molar-refractivity contribution in [2.24, 2.45) is 0 Å². The second-order valence-electron chi connectivity index (χ2n) is 6.48. The fraction of sp³-hybridized carbons (Fsp3) is 0.0476. The van der Waals surface area contributed by atoms with Gasteiger partial charge in [0.05, 0.1) is 16.6 Å². The van der Waals surface area contributed by atoms with Crippen molar-refractivity contribution >= 4 is 40.0 Å². The molecule has 1 aromatic heterocycles. The van der Waals surface area contributed by atoms with Crippen molar-refractivity contribution < 1.29 is 18.5 Å². The van der Waals surface area contributed by atoms with Crippen molar-refractivity contribution in [3.05, 3.63) is 86.7 Å². The Labute approximate surface area is 174 Å². The van der Waals surface area contributed by atoms with Gasteiger partial charge in [-0.15, -0.1) is 0 Å². The zero-order valence-electron chi connectivity index (χ0n) is 15.5. The Morgan fingerprint density at radius 1 is 1.20 bits per heavy atom. The summed E-state index contributed by atoms with van der Waals surface area (Å²) in [4.78, 5) is 27.0. The van der Waals surface area contributed by atoms with Crippen LogP contribution in [-0.2, 0) is 0 Å². The van der Waals surface area contributed by atoms with Gasteiger partial charge in [-0.3, -0.25) is 14.9 Å². The quantitative estimate of drug-likeness (QED) is 0.331. The molecule has 4 aromatic rings. The van der Waals surface area contributed by atoms with Gasteiger partial charge in [0, 0.05) is 28.4 Å². The molecule has 1 heterocycles. The number of amides is 1. The predicted molar refractivity (Wildman–Crippen MR) is 110 cm³/mol. The molecule has 30 heavy (non-hydrogen) atoms. The highest BCUT2D eigenvalue weighted by molar-refractivity contribution is 6.31. The molecule has 0 aliphatic rings. The number of nitro groups is 1. The van der Waals surface area contributed by atoms with E-state index in [0.29, 0.717) is 44.9 Å². The van der Waals surface area contributed by atoms with Crippen LogP contribution in [0.4, 0.5) is 15.8 Å². The van der Waals surface area contributed by atoms with Crippen LogP contribution in [0.5, 0.6) is 0 Å². The van der Waals surface area contributed by atoms with Crippen LogP contribution < -0.4 is 5.32 Å². The van der Waals surface area contributed by atoms with Gasteiger partial charge in [0.2, 0.25) is 5.89 Å². The fourth-order valence-corrected chi connectivity index (χ4v) is 3.17. The number of rotatable bonds is 4. The van der Waals surface area contributed by atoms with E-state index in [2.05, 4.69) is 10.3 Å². The number of aromatic nitrogens is 1. The van der Waals surface area contributed by atoms with Gasteiger partial charge in [0.25, 0.3) is 11.6 Å². The zero-order valence-corrected chi connectivity index (χ0v) is 16.2. The zero-order chi connectivity index (χ0) is 21.4. The summed E-state index contributed by atoms with van der Waals surface area (Å²) in [5.74, 6) is -1.36. The van der Waals surface area contributed by atoms with E-state index in [1.807, 2.05) is 0 Å². The van der Waals surface area contributed by atoms with Gasteiger partial charge in [0.1, 0.15) is 11.3 Å². The summed E-state index contributed by atoms with van der Waals surface area (Å²) in [5, 5.41) is 13.9. The number of non-ortho nitro benzene ring substituents is 1. The number of nitrogens with zero attached hydrogens (tertiary/aromatic N) is 2. The molecular weight excluding hydrogens is 413 g/mol. The normalized spacial score (nSPS) is 10.9. The lowest BCUT2D eigenvalue weighted by molar-refractivity contribution is -0.385. The minimum absolute atomic E-state index is 0.304. The summed E-state index contributed by atoms with van der Waals surface area (Å²) < 4.78 is 19.9. The highest BCUT2D eigenvalue weighted by atomic mass is 35.5. The molecular formula is C21H13ClFN3O4. The highest BCUT2D eigenvalue weighted by Gasteiger charge is 2.18. The molecule has 0 saturated carbocycles. The molecule has 1 N–H and O–H groups in total. The predicted octanol–water partition coefficient (Wildman–Crippen LogP) is 5.76. The lowest BCUT2D eigenvalue weighted by Crippen LogP contribution is -2.15. The maximum absolute atomic E-state index is 14.2. The van der Waals surface area contributed by atoms with Gasteiger partial charge < -0.3 is 9.73 Å². The number of oxazole rings is 1. The lowest BCUT2D eigenvalue weighted by Gasteiger charge is -2.11. The minimum atomic E-state index is -0.980. The van der Waals surface area contributed by atoms with Crippen LogP contribution in [0, 0.1) is 22.9 Å². The SMILES string of the molecule is Cc1c(NC(=O)c2ccc([N+](=O)[O-])cc2F)cccc1-c1nc2ccc(Cl)cc2o1. The summed E-state index contributed by atoms with van der Waals surface area (Å²) >= 11 is 5.98. The van der Waals surface area contributed by atoms with Crippen molar-refractivity contribution in [3.63, 3.8) is 0 Å². The van der Waals surface area contributed by atoms with Crippen LogP contribution in [0.2, 0.25) is 5.02 Å².